The number of methoxy groups -OCH3 is 1. The van der Waals surface area contributed by atoms with Crippen LogP contribution in [0.1, 0.15) is 28.8 Å². The van der Waals surface area contributed by atoms with E-state index in [0.717, 1.165) is 5.56 Å². The molecule has 1 fully saturated rings. The highest BCUT2D eigenvalue weighted by Crippen LogP contribution is 2.25. The average Bonchev–Trinajstić information content (AvgIpc) is 2.91. The molecule has 10 heteroatoms. The zero-order valence-electron chi connectivity index (χ0n) is 17.0. The van der Waals surface area contributed by atoms with Crippen molar-refractivity contribution >= 4 is 17.8 Å². The summed E-state index contributed by atoms with van der Waals surface area (Å²) in [5.74, 6) is -0.332. The minimum Gasteiger partial charge on any atom is -0.491 e. The predicted molar refractivity (Wildman–Crippen MR) is 104 cm³/mol. The van der Waals surface area contributed by atoms with Gasteiger partial charge in [0.2, 0.25) is 5.91 Å². The fourth-order valence-corrected chi connectivity index (χ4v) is 3.52. The fraction of sp³-hybridized carbons (Fsp3) is 0.550. The number of carbonyl (C=O) groups excluding carboxylic acids is 3. The zero-order valence-corrected chi connectivity index (χ0v) is 17.0. The number of hydrogen-bond donors (Lipinski definition) is 1. The first kappa shape index (κ1) is 21.7. The van der Waals surface area contributed by atoms with Gasteiger partial charge in [0.25, 0.3) is 5.91 Å². The molecule has 0 unspecified atom stereocenters. The number of piperidine rings is 1. The topological polar surface area (TPSA) is 122 Å². The number of rotatable bonds is 7. The molecule has 30 heavy (non-hydrogen) atoms. The highest BCUT2D eigenvalue weighted by Gasteiger charge is 2.29. The van der Waals surface area contributed by atoms with Crippen molar-refractivity contribution in [3.05, 3.63) is 29.3 Å². The lowest BCUT2D eigenvalue weighted by molar-refractivity contribution is -0.150. The summed E-state index contributed by atoms with van der Waals surface area (Å²) >= 11 is 0. The summed E-state index contributed by atoms with van der Waals surface area (Å²) in [6.45, 7) is 1.76. The van der Waals surface area contributed by atoms with Gasteiger partial charge in [-0.05, 0) is 30.5 Å². The van der Waals surface area contributed by atoms with Gasteiger partial charge in [0.05, 0.1) is 31.9 Å². The first-order valence-electron chi connectivity index (χ1n) is 9.86. The Labute approximate surface area is 174 Å². The van der Waals surface area contributed by atoms with Crippen molar-refractivity contribution in [2.24, 2.45) is 5.11 Å². The molecular formula is C20H26N4O6. The number of nitrogens with one attached hydrogen (secondary N) is 1. The molecule has 0 aliphatic carbocycles. The molecule has 3 rings (SSSR count). The zero-order chi connectivity index (χ0) is 21.5. The van der Waals surface area contributed by atoms with Crippen LogP contribution in [0.5, 0.6) is 5.75 Å². The normalized spacial score (nSPS) is 17.0. The van der Waals surface area contributed by atoms with Crippen molar-refractivity contribution in [3.63, 3.8) is 0 Å². The second-order valence-electron chi connectivity index (χ2n) is 7.19. The summed E-state index contributed by atoms with van der Waals surface area (Å²) in [5.41, 5.74) is 8.17. The monoisotopic (exact) mass is 418 g/mol. The highest BCUT2D eigenvalue weighted by atomic mass is 16.6. The summed E-state index contributed by atoms with van der Waals surface area (Å²) in [6, 6.07) is 5.11. The Morgan fingerprint density at radius 3 is 2.73 bits per heavy atom. The van der Waals surface area contributed by atoms with Crippen LogP contribution in [0, 0.1) is 5.53 Å². The largest absolute Gasteiger partial charge is 0.491 e. The number of ether oxygens (including phenoxy) is 3. The van der Waals surface area contributed by atoms with Gasteiger partial charge in [0.15, 0.2) is 0 Å². The van der Waals surface area contributed by atoms with E-state index < -0.39 is 5.97 Å². The van der Waals surface area contributed by atoms with E-state index in [1.165, 1.54) is 12.0 Å². The third-order valence-corrected chi connectivity index (χ3v) is 5.23. The van der Waals surface area contributed by atoms with E-state index in [9.17, 15) is 14.4 Å². The molecule has 0 bridgehead atoms. The van der Waals surface area contributed by atoms with Crippen LogP contribution in [0.25, 0.3) is 0 Å². The smallest absolute Gasteiger partial charge is 0.331 e. The van der Waals surface area contributed by atoms with Crippen LogP contribution in [-0.2, 0) is 25.6 Å². The molecule has 2 heterocycles. The molecule has 2 aliphatic rings. The molecule has 0 aromatic heterocycles. The minimum atomic E-state index is -0.420. The van der Waals surface area contributed by atoms with Crippen LogP contribution >= 0.6 is 0 Å². The summed E-state index contributed by atoms with van der Waals surface area (Å²) in [6.07, 6.45) is 1.18. The third kappa shape index (κ3) is 5.32. The molecule has 1 saturated heterocycles. The van der Waals surface area contributed by atoms with Gasteiger partial charge < -0.3 is 24.0 Å². The van der Waals surface area contributed by atoms with Crippen molar-refractivity contribution < 1.29 is 28.6 Å². The average molecular weight is 418 g/mol. The Bertz CT molecular complexity index is 806. The summed E-state index contributed by atoms with van der Waals surface area (Å²) in [4.78, 5) is 40.0. The van der Waals surface area contributed by atoms with Gasteiger partial charge in [-0.1, -0.05) is 6.07 Å². The number of likely N-dealkylation sites (tertiary alicyclic amines) is 1. The Morgan fingerprint density at radius 2 is 2.03 bits per heavy atom. The van der Waals surface area contributed by atoms with E-state index in [4.69, 9.17) is 15.0 Å². The van der Waals surface area contributed by atoms with Crippen molar-refractivity contribution in [3.8, 4) is 5.75 Å². The SMILES string of the molecule is COC(=O)COC1CCN(C(=O)CN2CCOc3cc(CN=N)ccc3C2=O)CC1. The highest BCUT2D eigenvalue weighted by molar-refractivity contribution is 5.99. The number of amides is 2. The lowest BCUT2D eigenvalue weighted by atomic mass is 10.1. The minimum absolute atomic E-state index is 0.0148. The van der Waals surface area contributed by atoms with E-state index >= 15 is 0 Å². The van der Waals surface area contributed by atoms with E-state index in [0.29, 0.717) is 43.8 Å². The van der Waals surface area contributed by atoms with Gasteiger partial charge in [-0.3, -0.25) is 9.59 Å². The van der Waals surface area contributed by atoms with Gasteiger partial charge in [-0.25, -0.2) is 10.3 Å². The number of hydrogen-bond acceptors (Lipinski definition) is 8. The molecule has 162 valence electrons. The first-order valence-corrected chi connectivity index (χ1v) is 9.86. The van der Waals surface area contributed by atoms with E-state index in [-0.39, 0.29) is 44.2 Å². The van der Waals surface area contributed by atoms with Crippen LogP contribution < -0.4 is 4.74 Å². The first-order chi connectivity index (χ1) is 14.5. The van der Waals surface area contributed by atoms with E-state index in [1.807, 2.05) is 0 Å². The quantitative estimate of drug-likeness (QED) is 0.525. The Balaban J connectivity index is 1.54. The summed E-state index contributed by atoms with van der Waals surface area (Å²) in [7, 11) is 1.31. The molecule has 0 atom stereocenters. The standard InChI is InChI=1S/C20H26N4O6/c1-28-19(26)13-30-15-4-6-23(7-5-15)18(25)12-24-8-9-29-17-10-14(11-22-21)2-3-16(17)20(24)27/h2-3,10,15,21H,4-9,11-13H2,1H3. The van der Waals surface area contributed by atoms with Crippen LogP contribution in [0.15, 0.2) is 23.3 Å². The van der Waals surface area contributed by atoms with Crippen LogP contribution in [0.3, 0.4) is 0 Å². The molecule has 0 radical (unpaired) electrons. The van der Waals surface area contributed by atoms with Crippen LogP contribution in [0.4, 0.5) is 0 Å². The number of fused-ring (bicyclic) bond motifs is 1. The summed E-state index contributed by atoms with van der Waals surface area (Å²) < 4.78 is 15.7. The molecule has 0 saturated carbocycles. The number of carbonyl (C=O) groups is 3. The van der Waals surface area contributed by atoms with Crippen molar-refractivity contribution in [2.45, 2.75) is 25.5 Å². The van der Waals surface area contributed by atoms with E-state index in [1.54, 1.807) is 23.1 Å². The molecule has 10 nitrogen and oxygen atoms in total. The molecule has 1 N–H and O–H groups in total. The summed E-state index contributed by atoms with van der Waals surface area (Å²) in [5, 5.41) is 3.35. The van der Waals surface area contributed by atoms with Gasteiger partial charge in [-0.15, -0.1) is 0 Å². The number of esters is 1. The van der Waals surface area contributed by atoms with Gasteiger partial charge in [0, 0.05) is 13.1 Å². The maximum atomic E-state index is 12.9. The van der Waals surface area contributed by atoms with Crippen molar-refractivity contribution in [1.82, 2.24) is 9.80 Å². The Kier molecular flexibility index (Phi) is 7.34. The lowest BCUT2D eigenvalue weighted by Gasteiger charge is -2.33. The van der Waals surface area contributed by atoms with Gasteiger partial charge in [-0.2, -0.15) is 5.11 Å². The third-order valence-electron chi connectivity index (χ3n) is 5.23. The van der Waals surface area contributed by atoms with Crippen molar-refractivity contribution in [1.29, 1.82) is 5.53 Å². The molecule has 1 aromatic carbocycles. The Morgan fingerprint density at radius 1 is 1.27 bits per heavy atom. The Hall–Kier alpha value is -3.01. The van der Waals surface area contributed by atoms with Gasteiger partial charge >= 0.3 is 5.97 Å². The van der Waals surface area contributed by atoms with Crippen LogP contribution in [-0.4, -0.2) is 80.2 Å². The second kappa shape index (κ2) is 10.1. The van der Waals surface area contributed by atoms with Crippen LogP contribution in [0.2, 0.25) is 0 Å². The number of nitrogens with zero attached hydrogens (tertiary/aromatic N) is 3. The van der Waals surface area contributed by atoms with E-state index in [2.05, 4.69) is 9.85 Å². The van der Waals surface area contributed by atoms with Gasteiger partial charge in [0.1, 0.15) is 25.5 Å². The fourth-order valence-electron chi connectivity index (χ4n) is 3.52. The van der Waals surface area contributed by atoms with Crippen molar-refractivity contribution in [2.75, 3.05) is 46.5 Å². The lowest BCUT2D eigenvalue weighted by Crippen LogP contribution is -2.47. The maximum absolute atomic E-state index is 12.9. The predicted octanol–water partition coefficient (Wildman–Crippen LogP) is 1.23. The second-order valence-corrected chi connectivity index (χ2v) is 7.19. The number of benzene rings is 1. The molecule has 0 spiro atoms. The molecule has 1 aromatic rings. The maximum Gasteiger partial charge on any atom is 0.331 e. The molecule has 2 amide bonds. The molecule has 2 aliphatic heterocycles. The molecular weight excluding hydrogens is 392 g/mol.